The monoisotopic (exact) mass is 350 g/mol. The first-order valence-corrected chi connectivity index (χ1v) is 8.02. The van der Waals surface area contributed by atoms with E-state index < -0.39 is 5.97 Å². The van der Waals surface area contributed by atoms with Crippen molar-refractivity contribution in [2.45, 2.75) is 26.7 Å². The number of rotatable bonds is 7. The summed E-state index contributed by atoms with van der Waals surface area (Å²) in [6.45, 7) is 3.90. The Hall–Kier alpha value is -2.41. The lowest BCUT2D eigenvalue weighted by atomic mass is 10.3. The van der Waals surface area contributed by atoms with Gasteiger partial charge in [-0.3, -0.25) is 4.79 Å². The molecule has 2 aromatic rings. The highest BCUT2D eigenvalue weighted by molar-refractivity contribution is 6.30. The molecule has 1 N–H and O–H groups in total. The lowest BCUT2D eigenvalue weighted by Crippen LogP contribution is -2.29. The Kier molecular flexibility index (Phi) is 6.31. The first-order chi connectivity index (χ1) is 11.5. The first kappa shape index (κ1) is 17.9. The van der Waals surface area contributed by atoms with Crippen LogP contribution in [-0.4, -0.2) is 40.0 Å². The Bertz CT molecular complexity index is 730. The molecule has 2 rings (SSSR count). The number of ether oxygens (including phenoxy) is 1. The molecule has 0 bridgehead atoms. The highest BCUT2D eigenvalue weighted by Gasteiger charge is 2.19. The molecule has 1 heterocycles. The number of esters is 1. The Balaban J connectivity index is 1.99. The topological polar surface area (TPSA) is 86.1 Å². The highest BCUT2D eigenvalue weighted by atomic mass is 35.5. The van der Waals surface area contributed by atoms with Crippen molar-refractivity contribution in [2.75, 3.05) is 13.2 Å². The van der Waals surface area contributed by atoms with Gasteiger partial charge in [0.25, 0.3) is 5.91 Å². The summed E-state index contributed by atoms with van der Waals surface area (Å²) in [5, 5.41) is 11.5. The fourth-order valence-electron chi connectivity index (χ4n) is 1.94. The maximum atomic E-state index is 12.1. The van der Waals surface area contributed by atoms with Gasteiger partial charge < -0.3 is 10.1 Å². The van der Waals surface area contributed by atoms with Crippen LogP contribution in [0.5, 0.6) is 0 Å². The number of benzene rings is 1. The lowest BCUT2D eigenvalue weighted by molar-refractivity contribution is -0.124. The third-order valence-electron chi connectivity index (χ3n) is 3.20. The number of amides is 1. The SMILES string of the molecule is CCCCNC(=O)COC(=O)c1nn(-c2cccc(Cl)c2)nc1C. The molecule has 1 amide bonds. The van der Waals surface area contributed by atoms with Crippen LogP contribution < -0.4 is 5.32 Å². The van der Waals surface area contributed by atoms with E-state index in [1.807, 2.05) is 6.92 Å². The average Bonchev–Trinajstić information content (AvgIpc) is 2.95. The Labute approximate surface area is 144 Å². The van der Waals surface area contributed by atoms with Crippen LogP contribution in [0, 0.1) is 6.92 Å². The molecule has 0 fully saturated rings. The number of unbranched alkanes of at least 4 members (excludes halogenated alkanes) is 1. The third-order valence-corrected chi connectivity index (χ3v) is 3.44. The molecule has 1 aromatic heterocycles. The van der Waals surface area contributed by atoms with Crippen LogP contribution in [0.15, 0.2) is 24.3 Å². The number of carbonyl (C=O) groups is 2. The minimum absolute atomic E-state index is 0.0660. The molecule has 1 aromatic carbocycles. The van der Waals surface area contributed by atoms with Gasteiger partial charge in [-0.25, -0.2) is 4.79 Å². The van der Waals surface area contributed by atoms with Crippen molar-refractivity contribution in [3.05, 3.63) is 40.7 Å². The van der Waals surface area contributed by atoms with Crippen molar-refractivity contribution in [3.63, 3.8) is 0 Å². The van der Waals surface area contributed by atoms with Crippen molar-refractivity contribution < 1.29 is 14.3 Å². The van der Waals surface area contributed by atoms with Crippen molar-refractivity contribution in [1.29, 1.82) is 0 Å². The van der Waals surface area contributed by atoms with Gasteiger partial charge in [-0.2, -0.15) is 9.90 Å². The van der Waals surface area contributed by atoms with Gasteiger partial charge in [-0.1, -0.05) is 31.0 Å². The Morgan fingerprint density at radius 1 is 1.33 bits per heavy atom. The Morgan fingerprint density at radius 3 is 2.83 bits per heavy atom. The number of halogens is 1. The van der Waals surface area contributed by atoms with Gasteiger partial charge in [0.15, 0.2) is 12.3 Å². The molecule has 0 atom stereocenters. The number of aryl methyl sites for hydroxylation is 1. The van der Waals surface area contributed by atoms with Crippen LogP contribution in [0.25, 0.3) is 5.69 Å². The third kappa shape index (κ3) is 4.79. The molecule has 0 aliphatic heterocycles. The van der Waals surface area contributed by atoms with Gasteiger partial charge in [-0.05, 0) is 31.5 Å². The molecule has 0 aliphatic carbocycles. The smallest absolute Gasteiger partial charge is 0.361 e. The molecule has 0 saturated carbocycles. The van der Waals surface area contributed by atoms with Gasteiger partial charge in [-0.15, -0.1) is 5.10 Å². The lowest BCUT2D eigenvalue weighted by Gasteiger charge is -2.04. The first-order valence-electron chi connectivity index (χ1n) is 7.65. The van der Waals surface area contributed by atoms with E-state index in [2.05, 4.69) is 15.5 Å². The van der Waals surface area contributed by atoms with E-state index in [1.54, 1.807) is 31.2 Å². The predicted molar refractivity (Wildman–Crippen MR) is 89.3 cm³/mol. The molecule has 0 aliphatic rings. The van der Waals surface area contributed by atoms with Gasteiger partial charge in [0, 0.05) is 11.6 Å². The summed E-state index contributed by atoms with van der Waals surface area (Å²) in [5.74, 6) is -1.02. The second kappa shape index (κ2) is 8.44. The minimum atomic E-state index is -0.689. The molecule has 0 radical (unpaired) electrons. The minimum Gasteiger partial charge on any atom is -0.451 e. The summed E-state index contributed by atoms with van der Waals surface area (Å²) in [6, 6.07) is 6.93. The average molecular weight is 351 g/mol. The number of nitrogens with one attached hydrogen (secondary N) is 1. The van der Waals surface area contributed by atoms with Crippen LogP contribution in [0.2, 0.25) is 5.02 Å². The number of nitrogens with zero attached hydrogens (tertiary/aromatic N) is 3. The fraction of sp³-hybridized carbons (Fsp3) is 0.375. The summed E-state index contributed by atoms with van der Waals surface area (Å²) in [7, 11) is 0. The van der Waals surface area contributed by atoms with E-state index in [-0.39, 0.29) is 18.2 Å². The number of hydrogen-bond donors (Lipinski definition) is 1. The Morgan fingerprint density at radius 2 is 2.12 bits per heavy atom. The van der Waals surface area contributed by atoms with Crippen LogP contribution in [0.4, 0.5) is 0 Å². The zero-order valence-electron chi connectivity index (χ0n) is 13.6. The fourth-order valence-corrected chi connectivity index (χ4v) is 2.12. The van der Waals surface area contributed by atoms with Gasteiger partial charge in [0.05, 0.1) is 11.4 Å². The van der Waals surface area contributed by atoms with E-state index in [9.17, 15) is 9.59 Å². The molecule has 0 spiro atoms. The number of hydrogen-bond acceptors (Lipinski definition) is 5. The van der Waals surface area contributed by atoms with Crippen LogP contribution in [0.3, 0.4) is 0 Å². The van der Waals surface area contributed by atoms with Crippen LogP contribution >= 0.6 is 11.6 Å². The van der Waals surface area contributed by atoms with Crippen LogP contribution in [0.1, 0.15) is 35.9 Å². The molecule has 0 unspecified atom stereocenters. The maximum absolute atomic E-state index is 12.1. The summed E-state index contributed by atoms with van der Waals surface area (Å²) in [5.41, 5.74) is 1.10. The van der Waals surface area contributed by atoms with Crippen molar-refractivity contribution in [2.24, 2.45) is 0 Å². The van der Waals surface area contributed by atoms with Gasteiger partial charge >= 0.3 is 5.97 Å². The summed E-state index contributed by atoms with van der Waals surface area (Å²) in [4.78, 5) is 24.9. The van der Waals surface area contributed by atoms with Crippen molar-refractivity contribution in [3.8, 4) is 5.69 Å². The molecule has 24 heavy (non-hydrogen) atoms. The molecular formula is C16H19ClN4O3. The van der Waals surface area contributed by atoms with Crippen LogP contribution in [-0.2, 0) is 9.53 Å². The normalized spacial score (nSPS) is 10.5. The molecular weight excluding hydrogens is 332 g/mol. The second-order valence-electron chi connectivity index (χ2n) is 5.18. The predicted octanol–water partition coefficient (Wildman–Crippen LogP) is 2.30. The zero-order valence-corrected chi connectivity index (χ0v) is 14.3. The van der Waals surface area contributed by atoms with E-state index in [1.165, 1.54) is 4.80 Å². The molecule has 8 heteroatoms. The van der Waals surface area contributed by atoms with Gasteiger partial charge in [0.1, 0.15) is 0 Å². The van der Waals surface area contributed by atoms with Crippen molar-refractivity contribution in [1.82, 2.24) is 20.3 Å². The van der Waals surface area contributed by atoms with E-state index >= 15 is 0 Å². The molecule has 128 valence electrons. The molecule has 7 nitrogen and oxygen atoms in total. The second-order valence-corrected chi connectivity index (χ2v) is 5.62. The number of aromatic nitrogens is 3. The van der Waals surface area contributed by atoms with E-state index in [0.717, 1.165) is 12.8 Å². The zero-order chi connectivity index (χ0) is 17.5. The van der Waals surface area contributed by atoms with Crippen molar-refractivity contribution >= 4 is 23.5 Å². The standard InChI is InChI=1S/C16H19ClN4O3/c1-3-4-8-18-14(22)10-24-16(23)15-11(2)19-21(20-15)13-7-5-6-12(17)9-13/h5-7,9H,3-4,8,10H2,1-2H3,(H,18,22). The largest absolute Gasteiger partial charge is 0.451 e. The quantitative estimate of drug-likeness (QED) is 0.611. The molecule has 0 saturated heterocycles. The van der Waals surface area contributed by atoms with E-state index in [4.69, 9.17) is 16.3 Å². The van der Waals surface area contributed by atoms with E-state index in [0.29, 0.717) is 22.9 Å². The van der Waals surface area contributed by atoms with Gasteiger partial charge in [0.2, 0.25) is 0 Å². The summed E-state index contributed by atoms with van der Waals surface area (Å²) >= 11 is 5.94. The summed E-state index contributed by atoms with van der Waals surface area (Å²) in [6.07, 6.45) is 1.86. The maximum Gasteiger partial charge on any atom is 0.361 e. The summed E-state index contributed by atoms with van der Waals surface area (Å²) < 4.78 is 4.98. The number of carbonyl (C=O) groups excluding carboxylic acids is 2. The highest BCUT2D eigenvalue weighted by Crippen LogP contribution is 2.14.